The SMILES string of the molecule is CC(C)OC(=O)[C@H](c1ccccc1)c1ccc([N+](=O)[O-])cc1F. The number of non-ortho nitro benzene ring substituents is 1. The number of benzene rings is 2. The number of ether oxygens (including phenoxy) is 1. The molecule has 2 aromatic rings. The summed E-state index contributed by atoms with van der Waals surface area (Å²) in [5.41, 5.74) is 0.244. The molecule has 5 nitrogen and oxygen atoms in total. The fourth-order valence-electron chi connectivity index (χ4n) is 2.25. The van der Waals surface area contributed by atoms with E-state index >= 15 is 0 Å². The van der Waals surface area contributed by atoms with E-state index in [1.165, 1.54) is 12.1 Å². The highest BCUT2D eigenvalue weighted by molar-refractivity contribution is 5.82. The quantitative estimate of drug-likeness (QED) is 0.477. The number of rotatable bonds is 5. The molecule has 0 spiro atoms. The molecule has 0 saturated heterocycles. The summed E-state index contributed by atoms with van der Waals surface area (Å²) in [7, 11) is 0. The average Bonchev–Trinajstić information content (AvgIpc) is 2.49. The Morgan fingerprint density at radius 2 is 1.83 bits per heavy atom. The average molecular weight is 317 g/mol. The summed E-state index contributed by atoms with van der Waals surface area (Å²) in [6.45, 7) is 3.40. The molecule has 2 aromatic carbocycles. The molecule has 1 atom stereocenters. The van der Waals surface area contributed by atoms with E-state index in [9.17, 15) is 19.3 Å². The molecule has 0 aliphatic rings. The van der Waals surface area contributed by atoms with Crippen LogP contribution in [0.3, 0.4) is 0 Å². The minimum Gasteiger partial charge on any atom is -0.462 e. The summed E-state index contributed by atoms with van der Waals surface area (Å²) < 4.78 is 19.5. The Morgan fingerprint density at radius 1 is 1.17 bits per heavy atom. The normalized spacial score (nSPS) is 12.0. The van der Waals surface area contributed by atoms with Crippen molar-refractivity contribution in [1.82, 2.24) is 0 Å². The number of esters is 1. The van der Waals surface area contributed by atoms with Crippen LogP contribution in [0.25, 0.3) is 0 Å². The monoisotopic (exact) mass is 317 g/mol. The van der Waals surface area contributed by atoms with Gasteiger partial charge in [0, 0.05) is 11.6 Å². The standard InChI is InChI=1S/C17H16FNO4/c1-11(2)23-17(20)16(12-6-4-3-5-7-12)14-9-8-13(19(21)22)10-15(14)18/h3-11,16H,1-2H3/t16-/m1/s1. The zero-order valence-electron chi connectivity index (χ0n) is 12.7. The number of nitrogens with zero attached hydrogens (tertiary/aromatic N) is 1. The Balaban J connectivity index is 2.50. The van der Waals surface area contributed by atoms with Crippen molar-refractivity contribution < 1.29 is 18.8 Å². The fraction of sp³-hybridized carbons (Fsp3) is 0.235. The van der Waals surface area contributed by atoms with Gasteiger partial charge in [0.05, 0.1) is 17.1 Å². The van der Waals surface area contributed by atoms with Crippen LogP contribution in [0.2, 0.25) is 0 Å². The Hall–Kier alpha value is -2.76. The molecule has 0 aliphatic heterocycles. The third kappa shape index (κ3) is 3.91. The molecule has 0 radical (unpaired) electrons. The molecule has 0 N–H and O–H groups in total. The number of nitro benzene ring substituents is 1. The van der Waals surface area contributed by atoms with Crippen molar-refractivity contribution in [3.63, 3.8) is 0 Å². The van der Waals surface area contributed by atoms with Gasteiger partial charge in [0.15, 0.2) is 0 Å². The van der Waals surface area contributed by atoms with Gasteiger partial charge in [-0.3, -0.25) is 14.9 Å². The number of halogens is 1. The number of nitro groups is 1. The Bertz CT molecular complexity index is 716. The molecular weight excluding hydrogens is 301 g/mol. The van der Waals surface area contributed by atoms with E-state index in [2.05, 4.69) is 0 Å². The summed E-state index contributed by atoms with van der Waals surface area (Å²) in [4.78, 5) is 22.5. The van der Waals surface area contributed by atoms with Gasteiger partial charge >= 0.3 is 5.97 Å². The van der Waals surface area contributed by atoms with Crippen molar-refractivity contribution in [1.29, 1.82) is 0 Å². The molecule has 6 heteroatoms. The van der Waals surface area contributed by atoms with Gasteiger partial charge in [-0.2, -0.15) is 0 Å². The van der Waals surface area contributed by atoms with E-state index in [-0.39, 0.29) is 17.4 Å². The Labute approximate surface area is 132 Å². The van der Waals surface area contributed by atoms with Gasteiger partial charge in [-0.15, -0.1) is 0 Å². The summed E-state index contributed by atoms with van der Waals surface area (Å²) in [5.74, 6) is -2.38. The molecule has 0 bridgehead atoms. The van der Waals surface area contributed by atoms with E-state index in [4.69, 9.17) is 4.74 Å². The molecule has 0 amide bonds. The molecule has 0 saturated carbocycles. The van der Waals surface area contributed by atoms with Crippen LogP contribution >= 0.6 is 0 Å². The zero-order chi connectivity index (χ0) is 17.0. The van der Waals surface area contributed by atoms with Crippen LogP contribution in [0.4, 0.5) is 10.1 Å². The summed E-state index contributed by atoms with van der Waals surface area (Å²) in [6, 6.07) is 11.9. The van der Waals surface area contributed by atoms with E-state index < -0.39 is 22.6 Å². The third-order valence-corrected chi connectivity index (χ3v) is 3.23. The predicted octanol–water partition coefficient (Wildman–Crippen LogP) is 3.82. The lowest BCUT2D eigenvalue weighted by atomic mass is 9.90. The second-order valence-corrected chi connectivity index (χ2v) is 5.29. The topological polar surface area (TPSA) is 69.4 Å². The van der Waals surface area contributed by atoms with Crippen LogP contribution in [-0.4, -0.2) is 17.0 Å². The minimum atomic E-state index is -0.973. The first-order valence-electron chi connectivity index (χ1n) is 7.09. The summed E-state index contributed by atoms with van der Waals surface area (Å²) in [5, 5.41) is 10.7. The van der Waals surface area contributed by atoms with Gasteiger partial charge in [0.25, 0.3) is 5.69 Å². The van der Waals surface area contributed by atoms with Crippen molar-refractivity contribution in [2.45, 2.75) is 25.9 Å². The van der Waals surface area contributed by atoms with Gasteiger partial charge in [0.1, 0.15) is 11.7 Å². The van der Waals surface area contributed by atoms with E-state index in [1.54, 1.807) is 44.2 Å². The Morgan fingerprint density at radius 3 is 2.35 bits per heavy atom. The van der Waals surface area contributed by atoms with Crippen LogP contribution in [-0.2, 0) is 9.53 Å². The number of hydrogen-bond donors (Lipinski definition) is 0. The summed E-state index contributed by atoms with van der Waals surface area (Å²) >= 11 is 0. The first-order valence-corrected chi connectivity index (χ1v) is 7.09. The first kappa shape index (κ1) is 16.6. The van der Waals surface area contributed by atoms with Crippen molar-refractivity contribution in [3.8, 4) is 0 Å². The van der Waals surface area contributed by atoms with Crippen LogP contribution in [0.15, 0.2) is 48.5 Å². The maximum absolute atomic E-state index is 14.3. The zero-order valence-corrected chi connectivity index (χ0v) is 12.7. The number of hydrogen-bond acceptors (Lipinski definition) is 4. The van der Waals surface area contributed by atoms with Gasteiger partial charge in [-0.05, 0) is 25.5 Å². The Kier molecular flexibility index (Phi) is 5.05. The minimum absolute atomic E-state index is 0.0486. The summed E-state index contributed by atoms with van der Waals surface area (Å²) in [6.07, 6.45) is -0.352. The molecule has 120 valence electrons. The third-order valence-electron chi connectivity index (χ3n) is 3.23. The second kappa shape index (κ2) is 7.00. The van der Waals surface area contributed by atoms with Gasteiger partial charge in [0.2, 0.25) is 0 Å². The fourth-order valence-corrected chi connectivity index (χ4v) is 2.25. The predicted molar refractivity (Wildman–Crippen MR) is 82.6 cm³/mol. The highest BCUT2D eigenvalue weighted by Crippen LogP contribution is 2.30. The number of carbonyl (C=O) groups is 1. The smallest absolute Gasteiger partial charge is 0.318 e. The van der Waals surface area contributed by atoms with Gasteiger partial charge < -0.3 is 4.74 Å². The van der Waals surface area contributed by atoms with E-state index in [1.807, 2.05) is 0 Å². The highest BCUT2D eigenvalue weighted by Gasteiger charge is 2.28. The highest BCUT2D eigenvalue weighted by atomic mass is 19.1. The first-order chi connectivity index (χ1) is 10.9. The maximum atomic E-state index is 14.3. The van der Waals surface area contributed by atoms with E-state index in [0.717, 1.165) is 6.07 Å². The molecule has 23 heavy (non-hydrogen) atoms. The van der Waals surface area contributed by atoms with Crippen LogP contribution in [0.1, 0.15) is 30.9 Å². The largest absolute Gasteiger partial charge is 0.462 e. The lowest BCUT2D eigenvalue weighted by Gasteiger charge is -2.19. The van der Waals surface area contributed by atoms with Crippen molar-refractivity contribution in [2.75, 3.05) is 0 Å². The van der Waals surface area contributed by atoms with Gasteiger partial charge in [-0.1, -0.05) is 30.3 Å². The lowest BCUT2D eigenvalue weighted by Crippen LogP contribution is -2.21. The molecule has 0 unspecified atom stereocenters. The van der Waals surface area contributed by atoms with Crippen molar-refractivity contribution in [2.24, 2.45) is 0 Å². The van der Waals surface area contributed by atoms with Crippen molar-refractivity contribution >= 4 is 11.7 Å². The molecular formula is C17H16FNO4. The van der Waals surface area contributed by atoms with Crippen LogP contribution in [0.5, 0.6) is 0 Å². The van der Waals surface area contributed by atoms with Crippen molar-refractivity contribution in [3.05, 3.63) is 75.6 Å². The van der Waals surface area contributed by atoms with Gasteiger partial charge in [-0.25, -0.2) is 4.39 Å². The molecule has 0 fully saturated rings. The number of carbonyl (C=O) groups excluding carboxylic acids is 1. The molecule has 0 heterocycles. The molecule has 0 aliphatic carbocycles. The van der Waals surface area contributed by atoms with Crippen LogP contribution < -0.4 is 0 Å². The molecule has 0 aromatic heterocycles. The van der Waals surface area contributed by atoms with Crippen LogP contribution in [0, 0.1) is 15.9 Å². The van der Waals surface area contributed by atoms with E-state index in [0.29, 0.717) is 5.56 Å². The molecule has 2 rings (SSSR count). The maximum Gasteiger partial charge on any atom is 0.318 e. The lowest BCUT2D eigenvalue weighted by molar-refractivity contribution is -0.385. The second-order valence-electron chi connectivity index (χ2n) is 5.29.